The van der Waals surface area contributed by atoms with Crippen LogP contribution in [0.4, 0.5) is 11.6 Å². The minimum absolute atomic E-state index is 0.273. The van der Waals surface area contributed by atoms with Crippen LogP contribution in [0.5, 0.6) is 0 Å². The second kappa shape index (κ2) is 5.14. The molecule has 0 radical (unpaired) electrons. The molecule has 1 fully saturated rings. The lowest BCUT2D eigenvalue weighted by molar-refractivity contribution is 0.122. The summed E-state index contributed by atoms with van der Waals surface area (Å²) in [7, 11) is 0. The first-order chi connectivity index (χ1) is 9.81. The van der Waals surface area contributed by atoms with E-state index in [2.05, 4.69) is 21.1 Å². The van der Waals surface area contributed by atoms with Gasteiger partial charge in [0.05, 0.1) is 19.4 Å². The smallest absolute Gasteiger partial charge is 0.174 e. The van der Waals surface area contributed by atoms with E-state index >= 15 is 0 Å². The Kier molecular flexibility index (Phi) is 3.18. The van der Waals surface area contributed by atoms with Gasteiger partial charge >= 0.3 is 0 Å². The van der Waals surface area contributed by atoms with Gasteiger partial charge in [-0.2, -0.15) is 9.94 Å². The third-order valence-corrected chi connectivity index (χ3v) is 3.09. The molecule has 2 aromatic rings. The maximum Gasteiger partial charge on any atom is 0.174 e. The highest BCUT2D eigenvalue weighted by molar-refractivity contribution is 5.66. The molecule has 20 heavy (non-hydrogen) atoms. The standard InChI is InChI=1S/C12H13N7O/c13-7-9-11(14)19(10-8-15-1-2-16-10)17-12(9)18-3-5-20-6-4-18/h1-2,8H,3-6,14H2. The minimum Gasteiger partial charge on any atom is -0.382 e. The Labute approximate surface area is 115 Å². The first-order valence-electron chi connectivity index (χ1n) is 6.19. The average molecular weight is 271 g/mol. The van der Waals surface area contributed by atoms with E-state index in [1.165, 1.54) is 4.68 Å². The fourth-order valence-electron chi connectivity index (χ4n) is 2.10. The first-order valence-corrected chi connectivity index (χ1v) is 6.19. The fraction of sp³-hybridized carbons (Fsp3) is 0.333. The number of aromatic nitrogens is 4. The van der Waals surface area contributed by atoms with E-state index in [9.17, 15) is 5.26 Å². The summed E-state index contributed by atoms with van der Waals surface area (Å²) in [5, 5.41) is 13.7. The maximum absolute atomic E-state index is 9.31. The topological polar surface area (TPSA) is 106 Å². The lowest BCUT2D eigenvalue weighted by Crippen LogP contribution is -2.37. The molecule has 0 aliphatic carbocycles. The number of nitrogens with zero attached hydrogens (tertiary/aromatic N) is 6. The molecule has 8 heteroatoms. The molecule has 0 bridgehead atoms. The molecule has 0 amide bonds. The van der Waals surface area contributed by atoms with Crippen molar-refractivity contribution in [2.45, 2.75) is 0 Å². The molecule has 1 aliphatic rings. The van der Waals surface area contributed by atoms with Crippen LogP contribution in [0, 0.1) is 11.3 Å². The molecule has 2 N–H and O–H groups in total. The van der Waals surface area contributed by atoms with E-state index in [0.29, 0.717) is 43.5 Å². The van der Waals surface area contributed by atoms with Gasteiger partial charge < -0.3 is 15.4 Å². The van der Waals surface area contributed by atoms with Crippen molar-refractivity contribution in [1.82, 2.24) is 19.7 Å². The van der Waals surface area contributed by atoms with E-state index in [1.54, 1.807) is 18.6 Å². The van der Waals surface area contributed by atoms with Gasteiger partial charge in [-0.3, -0.25) is 4.98 Å². The molecule has 0 atom stereocenters. The zero-order valence-electron chi connectivity index (χ0n) is 10.7. The Morgan fingerprint density at radius 3 is 2.75 bits per heavy atom. The number of nitriles is 1. The van der Waals surface area contributed by atoms with Gasteiger partial charge in [-0.05, 0) is 0 Å². The van der Waals surface area contributed by atoms with Gasteiger partial charge in [-0.1, -0.05) is 0 Å². The number of hydrogen-bond donors (Lipinski definition) is 1. The van der Waals surface area contributed by atoms with Crippen molar-refractivity contribution < 1.29 is 4.74 Å². The molecule has 1 aliphatic heterocycles. The molecule has 3 rings (SSSR count). The minimum atomic E-state index is 0.273. The molecule has 2 aromatic heterocycles. The molecule has 1 saturated heterocycles. The summed E-state index contributed by atoms with van der Waals surface area (Å²) in [6.07, 6.45) is 4.67. The van der Waals surface area contributed by atoms with E-state index in [-0.39, 0.29) is 5.82 Å². The number of hydrogen-bond acceptors (Lipinski definition) is 7. The van der Waals surface area contributed by atoms with E-state index in [4.69, 9.17) is 10.5 Å². The molecule has 0 spiro atoms. The number of rotatable bonds is 2. The lowest BCUT2D eigenvalue weighted by Gasteiger charge is -2.26. The monoisotopic (exact) mass is 271 g/mol. The van der Waals surface area contributed by atoms with Crippen LogP contribution in [-0.2, 0) is 4.74 Å². The summed E-state index contributed by atoms with van der Waals surface area (Å²) in [6, 6.07) is 2.11. The molecule has 8 nitrogen and oxygen atoms in total. The van der Waals surface area contributed by atoms with Crippen LogP contribution in [0.25, 0.3) is 5.82 Å². The molecule has 0 saturated carbocycles. The van der Waals surface area contributed by atoms with Crippen LogP contribution < -0.4 is 10.6 Å². The number of morpholine rings is 1. The highest BCUT2D eigenvalue weighted by Gasteiger charge is 2.23. The van der Waals surface area contributed by atoms with Gasteiger partial charge in [-0.25, -0.2) is 4.98 Å². The van der Waals surface area contributed by atoms with Gasteiger partial charge in [0.25, 0.3) is 0 Å². The van der Waals surface area contributed by atoms with E-state index in [1.807, 2.05) is 4.90 Å². The summed E-state index contributed by atoms with van der Waals surface area (Å²) in [5.74, 6) is 1.33. The number of nitrogens with two attached hydrogens (primary N) is 1. The van der Waals surface area contributed by atoms with Crippen LogP contribution in [0.2, 0.25) is 0 Å². The first kappa shape index (κ1) is 12.4. The maximum atomic E-state index is 9.31. The predicted octanol–water partition coefficient (Wildman–Crippen LogP) is -0.0472. The molecular weight excluding hydrogens is 258 g/mol. The highest BCUT2D eigenvalue weighted by atomic mass is 16.5. The van der Waals surface area contributed by atoms with Crippen molar-refractivity contribution in [1.29, 1.82) is 5.26 Å². The molecular formula is C12H13N7O. The Balaban J connectivity index is 2.05. The van der Waals surface area contributed by atoms with Crippen molar-refractivity contribution >= 4 is 11.6 Å². The van der Waals surface area contributed by atoms with Crippen LogP contribution in [0.15, 0.2) is 18.6 Å². The lowest BCUT2D eigenvalue weighted by atomic mass is 10.3. The van der Waals surface area contributed by atoms with Crippen LogP contribution >= 0.6 is 0 Å². The zero-order chi connectivity index (χ0) is 13.9. The van der Waals surface area contributed by atoms with Crippen LogP contribution in [-0.4, -0.2) is 46.1 Å². The average Bonchev–Trinajstić information content (AvgIpc) is 2.86. The summed E-state index contributed by atoms with van der Waals surface area (Å²) in [5.41, 5.74) is 6.36. The Morgan fingerprint density at radius 2 is 2.10 bits per heavy atom. The molecule has 0 aromatic carbocycles. The number of ether oxygens (including phenoxy) is 1. The number of nitrogen functional groups attached to an aromatic ring is 1. The summed E-state index contributed by atoms with van der Waals surface area (Å²) >= 11 is 0. The van der Waals surface area contributed by atoms with Gasteiger partial charge in [0.15, 0.2) is 11.6 Å². The fourth-order valence-corrected chi connectivity index (χ4v) is 2.10. The summed E-state index contributed by atoms with van der Waals surface area (Å²) < 4.78 is 6.74. The third-order valence-electron chi connectivity index (χ3n) is 3.09. The van der Waals surface area contributed by atoms with Gasteiger partial charge in [-0.15, -0.1) is 5.10 Å². The SMILES string of the molecule is N#Cc1c(N2CCOCC2)nn(-c2cnccn2)c1N. The van der Waals surface area contributed by atoms with Crippen molar-refractivity contribution in [3.63, 3.8) is 0 Å². The van der Waals surface area contributed by atoms with E-state index < -0.39 is 0 Å². The predicted molar refractivity (Wildman–Crippen MR) is 71.3 cm³/mol. The summed E-state index contributed by atoms with van der Waals surface area (Å²) in [6.45, 7) is 2.60. The van der Waals surface area contributed by atoms with Crippen LogP contribution in [0.3, 0.4) is 0 Å². The second-order valence-electron chi connectivity index (χ2n) is 4.27. The van der Waals surface area contributed by atoms with Crippen molar-refractivity contribution in [3.05, 3.63) is 24.2 Å². The molecule has 102 valence electrons. The molecule has 3 heterocycles. The third kappa shape index (κ3) is 2.04. The summed E-state index contributed by atoms with van der Waals surface area (Å²) in [4.78, 5) is 10.1. The van der Waals surface area contributed by atoms with Gasteiger partial charge in [0.2, 0.25) is 0 Å². The van der Waals surface area contributed by atoms with Crippen molar-refractivity contribution in [2.24, 2.45) is 0 Å². The molecule has 0 unspecified atom stereocenters. The Bertz CT molecular complexity index is 640. The van der Waals surface area contributed by atoms with Crippen molar-refractivity contribution in [2.75, 3.05) is 36.9 Å². The largest absolute Gasteiger partial charge is 0.382 e. The van der Waals surface area contributed by atoms with Gasteiger partial charge in [0, 0.05) is 25.5 Å². The zero-order valence-corrected chi connectivity index (χ0v) is 10.7. The van der Waals surface area contributed by atoms with Crippen LogP contribution in [0.1, 0.15) is 5.56 Å². The number of anilines is 2. The quantitative estimate of drug-likeness (QED) is 0.816. The van der Waals surface area contributed by atoms with Gasteiger partial charge in [0.1, 0.15) is 17.5 Å². The Hall–Kier alpha value is -2.66. The van der Waals surface area contributed by atoms with E-state index in [0.717, 1.165) is 0 Å². The van der Waals surface area contributed by atoms with Crippen molar-refractivity contribution in [3.8, 4) is 11.9 Å². The normalized spacial score (nSPS) is 15.1. The highest BCUT2D eigenvalue weighted by Crippen LogP contribution is 2.26. The Morgan fingerprint density at radius 1 is 1.30 bits per heavy atom. The second-order valence-corrected chi connectivity index (χ2v) is 4.27.